The van der Waals surface area contributed by atoms with Gasteiger partial charge in [-0.1, -0.05) is 0 Å². The van der Waals surface area contributed by atoms with Crippen molar-refractivity contribution in [3.63, 3.8) is 0 Å². The van der Waals surface area contributed by atoms with Gasteiger partial charge in [-0.3, -0.25) is 0 Å². The summed E-state index contributed by atoms with van der Waals surface area (Å²) in [7, 11) is 0. The molecule has 0 amide bonds. The second kappa shape index (κ2) is 3.81. The predicted molar refractivity (Wildman–Crippen MR) is 55.1 cm³/mol. The molecule has 0 aromatic heterocycles. The average Bonchev–Trinajstić information content (AvgIpc) is 2.71. The first-order valence-corrected chi connectivity index (χ1v) is 6.33. The molecule has 0 N–H and O–H groups in total. The van der Waals surface area contributed by atoms with Crippen LogP contribution in [-0.4, -0.2) is 0 Å². The molecule has 0 atom stereocenters. The van der Waals surface area contributed by atoms with Crippen LogP contribution in [0.3, 0.4) is 0 Å². The van der Waals surface area contributed by atoms with Gasteiger partial charge in [0.25, 0.3) is 0 Å². The van der Waals surface area contributed by atoms with Crippen LogP contribution >= 0.6 is 0 Å². The van der Waals surface area contributed by atoms with Gasteiger partial charge in [0.2, 0.25) is 0 Å². The molecule has 0 aliphatic heterocycles. The van der Waals surface area contributed by atoms with Crippen LogP contribution in [0.1, 0.15) is 29.5 Å². The molecular weight excluding hydrogens is 192 g/mol. The SMILES string of the molecule is CC1=CC[C]([Ti+2][C]2=CC=CC2)=C1C.[H-].[H-]. The quantitative estimate of drug-likeness (QED) is 0.606. The third kappa shape index (κ3) is 1.95. The molecule has 0 saturated carbocycles. The molecular formula is C12H16Ti. The zero-order valence-corrected chi connectivity index (χ0v) is 9.79. The first-order chi connectivity index (χ1) is 6.27. The minimum atomic E-state index is 0. The first-order valence-electron chi connectivity index (χ1n) is 4.77. The van der Waals surface area contributed by atoms with Crippen molar-refractivity contribution in [3.8, 4) is 0 Å². The summed E-state index contributed by atoms with van der Waals surface area (Å²) in [4.78, 5) is 0. The van der Waals surface area contributed by atoms with Crippen LogP contribution in [-0.2, 0) is 19.2 Å². The number of hydrogen-bond donors (Lipinski definition) is 0. The molecule has 1 heteroatoms. The minimum Gasteiger partial charge on any atom is -1.00 e. The molecule has 2 aliphatic carbocycles. The number of allylic oxidation sites excluding steroid dienone is 8. The zero-order chi connectivity index (χ0) is 9.26. The maximum atomic E-state index is 2.37. The Kier molecular flexibility index (Phi) is 2.71. The van der Waals surface area contributed by atoms with Crippen molar-refractivity contribution in [2.75, 3.05) is 0 Å². The van der Waals surface area contributed by atoms with Crippen LogP contribution in [0.4, 0.5) is 0 Å². The smallest absolute Gasteiger partial charge is 1.00 e. The van der Waals surface area contributed by atoms with Crippen LogP contribution < -0.4 is 0 Å². The van der Waals surface area contributed by atoms with Crippen LogP contribution in [0.15, 0.2) is 43.2 Å². The first kappa shape index (κ1) is 9.24. The summed E-state index contributed by atoms with van der Waals surface area (Å²) in [6.45, 7) is 4.51. The molecule has 0 fully saturated rings. The van der Waals surface area contributed by atoms with Crippen LogP contribution in [0.25, 0.3) is 0 Å². The second-order valence-electron chi connectivity index (χ2n) is 3.64. The van der Waals surface area contributed by atoms with Crippen molar-refractivity contribution >= 4 is 0 Å². The van der Waals surface area contributed by atoms with Gasteiger partial charge in [0.15, 0.2) is 0 Å². The molecule has 2 rings (SSSR count). The fourth-order valence-electron chi connectivity index (χ4n) is 1.68. The van der Waals surface area contributed by atoms with Gasteiger partial charge in [-0.2, -0.15) is 0 Å². The van der Waals surface area contributed by atoms with Gasteiger partial charge >= 0.3 is 89.0 Å². The van der Waals surface area contributed by atoms with Crippen molar-refractivity contribution in [3.05, 3.63) is 43.2 Å². The Morgan fingerprint density at radius 2 is 2.15 bits per heavy atom. The van der Waals surface area contributed by atoms with Crippen molar-refractivity contribution in [1.29, 1.82) is 0 Å². The molecule has 0 aromatic rings. The Morgan fingerprint density at radius 1 is 1.31 bits per heavy atom. The van der Waals surface area contributed by atoms with Crippen molar-refractivity contribution in [2.45, 2.75) is 26.7 Å². The van der Waals surface area contributed by atoms with E-state index >= 15 is 0 Å². The Labute approximate surface area is 92.0 Å². The fraction of sp³-hybridized carbons (Fsp3) is 0.333. The molecule has 68 valence electrons. The summed E-state index contributed by atoms with van der Waals surface area (Å²) in [5, 5.41) is 0. The third-order valence-electron chi connectivity index (χ3n) is 2.74. The molecule has 0 nitrogen and oxygen atoms in total. The third-order valence-corrected chi connectivity index (χ3v) is 5.20. The summed E-state index contributed by atoms with van der Waals surface area (Å²) >= 11 is 0.0387. The molecule has 0 aromatic carbocycles. The van der Waals surface area contributed by atoms with Gasteiger partial charge in [-0.25, -0.2) is 0 Å². The largest absolute Gasteiger partial charge is 1.00 e. The van der Waals surface area contributed by atoms with E-state index in [9.17, 15) is 0 Å². The Bertz CT molecular complexity index is 349. The summed E-state index contributed by atoms with van der Waals surface area (Å²) in [5.41, 5.74) is 3.08. The Morgan fingerprint density at radius 3 is 2.69 bits per heavy atom. The predicted octanol–water partition coefficient (Wildman–Crippen LogP) is 3.76. The fourth-order valence-corrected chi connectivity index (χ4v) is 3.83. The topological polar surface area (TPSA) is 0 Å². The van der Waals surface area contributed by atoms with Crippen LogP contribution in [0, 0.1) is 0 Å². The van der Waals surface area contributed by atoms with Crippen LogP contribution in [0.2, 0.25) is 0 Å². The zero-order valence-electron chi connectivity index (χ0n) is 10.2. The summed E-state index contributed by atoms with van der Waals surface area (Å²) in [6.07, 6.45) is 11.6. The van der Waals surface area contributed by atoms with Gasteiger partial charge in [-0.05, 0) is 0 Å². The van der Waals surface area contributed by atoms with Gasteiger partial charge in [0.1, 0.15) is 0 Å². The standard InChI is InChI=1S/C7H9.C5H5.Ti.2H/c1-6-4-3-5-7(6)2;1-2-4-5-3-1;;;/h4H,3H2,1-2H3;1-3H,4H2;;;/q;;+2;2*-1. The van der Waals surface area contributed by atoms with Crippen molar-refractivity contribution < 1.29 is 22.0 Å². The van der Waals surface area contributed by atoms with E-state index in [2.05, 4.69) is 38.2 Å². The molecule has 0 saturated heterocycles. The van der Waals surface area contributed by atoms with Gasteiger partial charge in [0.05, 0.1) is 0 Å². The van der Waals surface area contributed by atoms with Gasteiger partial charge < -0.3 is 2.85 Å². The maximum absolute atomic E-state index is 2.37. The molecule has 0 spiro atoms. The van der Waals surface area contributed by atoms with E-state index in [1.807, 2.05) is 0 Å². The van der Waals surface area contributed by atoms with Crippen molar-refractivity contribution in [1.82, 2.24) is 0 Å². The van der Waals surface area contributed by atoms with E-state index in [0.717, 1.165) is 0 Å². The second-order valence-corrected chi connectivity index (χ2v) is 5.98. The van der Waals surface area contributed by atoms with Gasteiger partial charge in [-0.15, -0.1) is 0 Å². The summed E-state index contributed by atoms with van der Waals surface area (Å²) in [6, 6.07) is 0. The summed E-state index contributed by atoms with van der Waals surface area (Å²) < 4.78 is 3.44. The monoisotopic (exact) mass is 208 g/mol. The van der Waals surface area contributed by atoms with E-state index in [1.165, 1.54) is 18.4 Å². The molecule has 0 radical (unpaired) electrons. The van der Waals surface area contributed by atoms with E-state index < -0.39 is 0 Å². The molecule has 0 unspecified atom stereocenters. The summed E-state index contributed by atoms with van der Waals surface area (Å²) in [5.74, 6) is 0. The van der Waals surface area contributed by atoms with Crippen LogP contribution in [0.5, 0.6) is 0 Å². The molecule has 13 heavy (non-hydrogen) atoms. The molecule has 0 heterocycles. The Balaban J connectivity index is 0.000000980. The molecule has 2 aliphatic rings. The average molecular weight is 208 g/mol. The normalized spacial score (nSPS) is 20.5. The maximum Gasteiger partial charge on any atom is -1.00 e. The minimum absolute atomic E-state index is 0. The Hall–Kier alpha value is -0.326. The number of rotatable bonds is 2. The van der Waals surface area contributed by atoms with Gasteiger partial charge in [0, 0.05) is 0 Å². The molecule has 0 bridgehead atoms. The van der Waals surface area contributed by atoms with E-state index in [0.29, 0.717) is 0 Å². The number of hydrogen-bond acceptors (Lipinski definition) is 0. The van der Waals surface area contributed by atoms with E-state index in [-0.39, 0.29) is 22.0 Å². The van der Waals surface area contributed by atoms with Crippen molar-refractivity contribution in [2.24, 2.45) is 0 Å². The van der Waals surface area contributed by atoms with E-state index in [1.54, 1.807) is 13.3 Å². The van der Waals surface area contributed by atoms with E-state index in [4.69, 9.17) is 0 Å².